The molecule has 2 fully saturated rings. The van der Waals surface area contributed by atoms with Crippen LogP contribution in [0.4, 0.5) is 0 Å². The van der Waals surface area contributed by atoms with Crippen molar-refractivity contribution in [1.82, 2.24) is 0 Å². The number of hydrogen-bond donors (Lipinski definition) is 0. The van der Waals surface area contributed by atoms with Crippen LogP contribution in [0.1, 0.15) is 25.7 Å². The molecule has 54 valence electrons. The quantitative estimate of drug-likeness (QED) is 0.447. The first-order chi connectivity index (χ1) is 4.95. The second kappa shape index (κ2) is 1.66. The van der Waals surface area contributed by atoms with Crippen LogP contribution in [0.25, 0.3) is 0 Å². The van der Waals surface area contributed by atoms with E-state index in [0.29, 0.717) is 0 Å². The first kappa shape index (κ1) is 5.40. The first-order valence-electron chi connectivity index (χ1n) is 4.63. The number of allylic oxidation sites excluding steroid dienone is 2. The highest BCUT2D eigenvalue weighted by atomic mass is 14.5. The Morgan fingerprint density at radius 2 is 1.80 bits per heavy atom. The van der Waals surface area contributed by atoms with Crippen LogP contribution >= 0.6 is 0 Å². The van der Waals surface area contributed by atoms with Gasteiger partial charge in [-0.15, -0.1) is 0 Å². The molecule has 0 aromatic carbocycles. The van der Waals surface area contributed by atoms with E-state index in [1.54, 1.807) is 0 Å². The second-order valence-corrected chi connectivity index (χ2v) is 4.21. The van der Waals surface area contributed by atoms with Gasteiger partial charge in [-0.2, -0.15) is 0 Å². The minimum Gasteiger partial charge on any atom is -0.0848 e. The van der Waals surface area contributed by atoms with Gasteiger partial charge in [0.2, 0.25) is 0 Å². The van der Waals surface area contributed by atoms with Gasteiger partial charge < -0.3 is 0 Å². The van der Waals surface area contributed by atoms with E-state index >= 15 is 0 Å². The summed E-state index contributed by atoms with van der Waals surface area (Å²) in [5.74, 6) is 4.29. The van der Waals surface area contributed by atoms with Gasteiger partial charge in [-0.3, -0.25) is 0 Å². The minimum atomic E-state index is 1.00. The van der Waals surface area contributed by atoms with Gasteiger partial charge in [-0.25, -0.2) is 0 Å². The van der Waals surface area contributed by atoms with Crippen LogP contribution < -0.4 is 0 Å². The number of fused-ring (bicyclic) bond motifs is 3. The normalized spacial score (nSPS) is 56.0. The summed E-state index contributed by atoms with van der Waals surface area (Å²) in [6.07, 6.45) is 11.0. The van der Waals surface area contributed by atoms with Crippen LogP contribution in [-0.4, -0.2) is 0 Å². The van der Waals surface area contributed by atoms with Gasteiger partial charge >= 0.3 is 0 Å². The molecule has 0 N–H and O–H groups in total. The summed E-state index contributed by atoms with van der Waals surface area (Å²) in [5, 5.41) is 0. The van der Waals surface area contributed by atoms with Crippen LogP contribution in [0.15, 0.2) is 12.2 Å². The molecule has 0 bridgehead atoms. The minimum absolute atomic E-state index is 1.00. The van der Waals surface area contributed by atoms with Crippen LogP contribution in [0.5, 0.6) is 0 Å². The van der Waals surface area contributed by atoms with Crippen molar-refractivity contribution in [2.75, 3.05) is 0 Å². The highest BCUT2D eigenvalue weighted by molar-refractivity contribution is 5.14. The Morgan fingerprint density at radius 1 is 0.900 bits per heavy atom. The van der Waals surface area contributed by atoms with Crippen LogP contribution in [0.3, 0.4) is 0 Å². The average molecular weight is 134 g/mol. The summed E-state index contributed by atoms with van der Waals surface area (Å²) < 4.78 is 0. The van der Waals surface area contributed by atoms with Gasteiger partial charge in [0.15, 0.2) is 0 Å². The lowest BCUT2D eigenvalue weighted by molar-refractivity contribution is 0.379. The van der Waals surface area contributed by atoms with Crippen molar-refractivity contribution in [2.45, 2.75) is 25.7 Å². The van der Waals surface area contributed by atoms with E-state index in [0.717, 1.165) is 23.7 Å². The molecule has 0 aliphatic heterocycles. The summed E-state index contributed by atoms with van der Waals surface area (Å²) in [7, 11) is 0. The Hall–Kier alpha value is -0.260. The molecule has 0 saturated heterocycles. The van der Waals surface area contributed by atoms with E-state index in [9.17, 15) is 0 Å². The lowest BCUT2D eigenvalue weighted by atomic mass is 9.86. The molecule has 4 atom stereocenters. The first-order valence-corrected chi connectivity index (χ1v) is 4.63. The summed E-state index contributed by atoms with van der Waals surface area (Å²) in [4.78, 5) is 0. The molecule has 0 unspecified atom stereocenters. The standard InChI is InChI=1S/C10H14/c1-2-7-4-5-8-6-10(8)9(7)3-1/h4-5,7-10H,1-3,6H2/t7-,8+,9+,10-/m1/s1. The van der Waals surface area contributed by atoms with E-state index in [4.69, 9.17) is 0 Å². The predicted octanol–water partition coefficient (Wildman–Crippen LogP) is 2.61. The fourth-order valence-corrected chi connectivity index (χ4v) is 3.02. The van der Waals surface area contributed by atoms with E-state index < -0.39 is 0 Å². The van der Waals surface area contributed by atoms with Gasteiger partial charge in [0.05, 0.1) is 0 Å². The highest BCUT2D eigenvalue weighted by Gasteiger charge is 2.47. The summed E-state index contributed by atoms with van der Waals surface area (Å²) in [5.41, 5.74) is 0. The molecule has 3 rings (SSSR count). The van der Waals surface area contributed by atoms with E-state index in [2.05, 4.69) is 12.2 Å². The fraction of sp³-hybridized carbons (Fsp3) is 0.800. The van der Waals surface area contributed by atoms with Crippen molar-refractivity contribution in [3.8, 4) is 0 Å². The molecular weight excluding hydrogens is 120 g/mol. The fourth-order valence-electron chi connectivity index (χ4n) is 3.02. The van der Waals surface area contributed by atoms with Gasteiger partial charge in [0.1, 0.15) is 0 Å². The maximum Gasteiger partial charge on any atom is -0.0199 e. The third-order valence-corrected chi connectivity index (χ3v) is 3.67. The molecule has 10 heavy (non-hydrogen) atoms. The Balaban J connectivity index is 1.93. The van der Waals surface area contributed by atoms with Crippen LogP contribution in [0, 0.1) is 23.7 Å². The Labute approximate surface area is 62.3 Å². The molecule has 0 aromatic rings. The van der Waals surface area contributed by atoms with Crippen molar-refractivity contribution in [3.05, 3.63) is 12.2 Å². The molecule has 0 heteroatoms. The molecule has 3 aliphatic carbocycles. The van der Waals surface area contributed by atoms with E-state index in [-0.39, 0.29) is 0 Å². The smallest absolute Gasteiger partial charge is 0.0199 e. The van der Waals surface area contributed by atoms with Crippen molar-refractivity contribution in [2.24, 2.45) is 23.7 Å². The topological polar surface area (TPSA) is 0 Å². The molecular formula is C10H14. The Bertz CT molecular complexity index is 180. The third kappa shape index (κ3) is 0.574. The monoisotopic (exact) mass is 134 g/mol. The SMILES string of the molecule is C1=C[C@H]2C[C@H]2[C@H]2CCC[C@H]12. The van der Waals surface area contributed by atoms with Gasteiger partial charge in [0, 0.05) is 0 Å². The molecule has 2 saturated carbocycles. The van der Waals surface area contributed by atoms with Crippen molar-refractivity contribution >= 4 is 0 Å². The van der Waals surface area contributed by atoms with Crippen molar-refractivity contribution < 1.29 is 0 Å². The summed E-state index contributed by atoms with van der Waals surface area (Å²) in [6.45, 7) is 0. The van der Waals surface area contributed by atoms with Crippen LogP contribution in [-0.2, 0) is 0 Å². The highest BCUT2D eigenvalue weighted by Crippen LogP contribution is 2.56. The largest absolute Gasteiger partial charge is 0.0848 e. The third-order valence-electron chi connectivity index (χ3n) is 3.67. The van der Waals surface area contributed by atoms with Crippen molar-refractivity contribution in [1.29, 1.82) is 0 Å². The van der Waals surface area contributed by atoms with Crippen LogP contribution in [0.2, 0.25) is 0 Å². The number of hydrogen-bond acceptors (Lipinski definition) is 0. The molecule has 0 spiro atoms. The summed E-state index contributed by atoms with van der Waals surface area (Å²) >= 11 is 0. The lowest BCUT2D eigenvalue weighted by Gasteiger charge is -2.18. The molecule has 0 aromatic heterocycles. The Kier molecular flexibility index (Phi) is 0.898. The van der Waals surface area contributed by atoms with Gasteiger partial charge in [0.25, 0.3) is 0 Å². The molecule has 0 heterocycles. The predicted molar refractivity (Wildman–Crippen MR) is 41.6 cm³/mol. The zero-order chi connectivity index (χ0) is 6.55. The molecule has 0 amide bonds. The molecule has 3 aliphatic rings. The zero-order valence-corrected chi connectivity index (χ0v) is 6.29. The van der Waals surface area contributed by atoms with Crippen molar-refractivity contribution in [3.63, 3.8) is 0 Å². The Morgan fingerprint density at radius 3 is 2.80 bits per heavy atom. The number of rotatable bonds is 0. The van der Waals surface area contributed by atoms with E-state index in [1.807, 2.05) is 0 Å². The zero-order valence-electron chi connectivity index (χ0n) is 6.29. The van der Waals surface area contributed by atoms with Gasteiger partial charge in [-0.1, -0.05) is 18.6 Å². The maximum absolute atomic E-state index is 2.51. The maximum atomic E-state index is 2.51. The average Bonchev–Trinajstić information content (AvgIpc) is 2.60. The lowest BCUT2D eigenvalue weighted by Crippen LogP contribution is -2.11. The molecule has 0 nitrogen and oxygen atoms in total. The van der Waals surface area contributed by atoms with Gasteiger partial charge in [-0.05, 0) is 42.9 Å². The molecule has 0 radical (unpaired) electrons. The second-order valence-electron chi connectivity index (χ2n) is 4.21. The van der Waals surface area contributed by atoms with E-state index in [1.165, 1.54) is 25.7 Å². The summed E-state index contributed by atoms with van der Waals surface area (Å²) in [6, 6.07) is 0.